The molecule has 0 fully saturated rings. The minimum absolute atomic E-state index is 0.0431. The van der Waals surface area contributed by atoms with Crippen LogP contribution >= 0.6 is 11.3 Å². The number of carboxylic acid groups (broad SMARTS) is 1. The van der Waals surface area contributed by atoms with Gasteiger partial charge in [-0.05, 0) is 42.0 Å². The number of halogens is 1. The number of nitrogens with zero attached hydrogens (tertiary/aromatic N) is 3. The fraction of sp³-hybridized carbons (Fsp3) is 0.125. The number of nitrogens with one attached hydrogen (secondary N) is 1. The number of carboxylic acids is 1. The van der Waals surface area contributed by atoms with Gasteiger partial charge in [0.25, 0.3) is 0 Å². The quantitative estimate of drug-likeness (QED) is 0.327. The van der Waals surface area contributed by atoms with E-state index in [-0.39, 0.29) is 24.5 Å². The Kier molecular flexibility index (Phi) is 7.49. The van der Waals surface area contributed by atoms with Crippen molar-refractivity contribution in [3.05, 3.63) is 95.4 Å². The zero-order chi connectivity index (χ0) is 24.8. The Balaban J connectivity index is 1.62. The van der Waals surface area contributed by atoms with Crippen molar-refractivity contribution in [3.63, 3.8) is 0 Å². The number of sulfonamides is 1. The van der Waals surface area contributed by atoms with Crippen LogP contribution in [0.1, 0.15) is 11.3 Å². The highest BCUT2D eigenvalue weighted by Gasteiger charge is 2.26. The Morgan fingerprint density at radius 2 is 1.77 bits per heavy atom. The van der Waals surface area contributed by atoms with E-state index >= 15 is 0 Å². The molecule has 0 bridgehead atoms. The number of aromatic nitrogens is 2. The van der Waals surface area contributed by atoms with E-state index < -0.39 is 21.8 Å². The van der Waals surface area contributed by atoms with Crippen molar-refractivity contribution in [1.29, 1.82) is 0 Å². The monoisotopic (exact) mass is 512 g/mol. The number of rotatable bonds is 10. The second-order valence-electron chi connectivity index (χ2n) is 7.52. The number of thiazole rings is 1. The molecule has 0 amide bonds. The number of carbonyl (C=O) groups is 1. The van der Waals surface area contributed by atoms with E-state index in [1.54, 1.807) is 24.4 Å². The lowest BCUT2D eigenvalue weighted by molar-refractivity contribution is -0.134. The molecule has 2 heterocycles. The first-order valence-corrected chi connectivity index (χ1v) is 12.8. The summed E-state index contributed by atoms with van der Waals surface area (Å²) in [5.41, 5.74) is 2.09. The van der Waals surface area contributed by atoms with E-state index in [0.717, 1.165) is 28.3 Å². The summed E-state index contributed by atoms with van der Waals surface area (Å²) in [4.78, 5) is 19.4. The molecule has 0 aliphatic rings. The summed E-state index contributed by atoms with van der Waals surface area (Å²) in [6.45, 7) is -0.345. The smallest absolute Gasteiger partial charge is 0.322 e. The van der Waals surface area contributed by atoms with Gasteiger partial charge in [0.15, 0.2) is 0 Å². The SMILES string of the molecule is O=C(O)CNc1cccc(CN(Cc2ccc(-c3nccs3)cc2)S(=O)(=O)c2ccc(F)cc2)n1. The van der Waals surface area contributed by atoms with Crippen LogP contribution in [0.3, 0.4) is 0 Å². The average molecular weight is 513 g/mol. The Morgan fingerprint density at radius 3 is 2.43 bits per heavy atom. The van der Waals surface area contributed by atoms with Crippen LogP contribution in [0.2, 0.25) is 0 Å². The first-order valence-electron chi connectivity index (χ1n) is 10.5. The van der Waals surface area contributed by atoms with E-state index in [0.29, 0.717) is 11.5 Å². The fourth-order valence-corrected chi connectivity index (χ4v) is 5.36. The molecule has 35 heavy (non-hydrogen) atoms. The molecule has 2 aromatic heterocycles. The highest BCUT2D eigenvalue weighted by Crippen LogP contribution is 2.25. The first-order chi connectivity index (χ1) is 16.8. The lowest BCUT2D eigenvalue weighted by Gasteiger charge is -2.22. The molecule has 2 aromatic carbocycles. The van der Waals surface area contributed by atoms with Crippen LogP contribution in [-0.4, -0.2) is 40.3 Å². The molecule has 8 nitrogen and oxygen atoms in total. The van der Waals surface area contributed by atoms with Gasteiger partial charge < -0.3 is 10.4 Å². The molecule has 0 spiro atoms. The summed E-state index contributed by atoms with van der Waals surface area (Å²) < 4.78 is 41.6. The van der Waals surface area contributed by atoms with Gasteiger partial charge in [0.1, 0.15) is 23.2 Å². The molecular formula is C24H21FN4O4S2. The zero-order valence-corrected chi connectivity index (χ0v) is 20.0. The Labute approximate surface area is 205 Å². The van der Waals surface area contributed by atoms with E-state index in [2.05, 4.69) is 15.3 Å². The van der Waals surface area contributed by atoms with Gasteiger partial charge in [-0.25, -0.2) is 22.8 Å². The predicted octanol–water partition coefficient (Wildman–Crippen LogP) is 4.23. The third-order valence-corrected chi connectivity index (χ3v) is 7.64. The standard InChI is InChI=1S/C24H21FN4O4S2/c25-19-8-10-21(11-9-19)35(32,33)29(16-20-2-1-3-22(28-20)27-14-23(30)31)15-17-4-6-18(7-5-17)24-26-12-13-34-24/h1-13H,14-16H2,(H,27,28)(H,30,31). The van der Waals surface area contributed by atoms with Crippen LogP contribution in [0.15, 0.2) is 83.2 Å². The van der Waals surface area contributed by atoms with Gasteiger partial charge in [-0.2, -0.15) is 4.31 Å². The summed E-state index contributed by atoms with van der Waals surface area (Å²) in [6, 6.07) is 17.0. The highest BCUT2D eigenvalue weighted by atomic mass is 32.2. The molecule has 180 valence electrons. The molecule has 4 aromatic rings. The normalized spacial score (nSPS) is 11.5. The van der Waals surface area contributed by atoms with Crippen LogP contribution < -0.4 is 5.32 Å². The number of pyridine rings is 1. The number of aliphatic carboxylic acids is 1. The molecule has 0 atom stereocenters. The third kappa shape index (κ3) is 6.27. The van der Waals surface area contributed by atoms with Gasteiger partial charge in [-0.3, -0.25) is 4.79 Å². The first kappa shape index (κ1) is 24.5. The van der Waals surface area contributed by atoms with Crippen molar-refractivity contribution >= 4 is 33.1 Å². The van der Waals surface area contributed by atoms with Crippen molar-refractivity contribution in [2.24, 2.45) is 0 Å². The Morgan fingerprint density at radius 1 is 1.03 bits per heavy atom. The maximum Gasteiger partial charge on any atom is 0.322 e. The number of hydrogen-bond donors (Lipinski definition) is 2. The summed E-state index contributed by atoms with van der Waals surface area (Å²) in [7, 11) is -4.00. The second-order valence-corrected chi connectivity index (χ2v) is 10.4. The summed E-state index contributed by atoms with van der Waals surface area (Å²) in [5, 5.41) is 14.3. The third-order valence-electron chi connectivity index (χ3n) is 5.01. The van der Waals surface area contributed by atoms with Crippen molar-refractivity contribution < 1.29 is 22.7 Å². The van der Waals surface area contributed by atoms with E-state index in [9.17, 15) is 17.6 Å². The van der Waals surface area contributed by atoms with Crippen molar-refractivity contribution in [2.75, 3.05) is 11.9 Å². The lowest BCUT2D eigenvalue weighted by Crippen LogP contribution is -2.30. The Hall–Kier alpha value is -3.67. The second kappa shape index (κ2) is 10.7. The number of hydrogen-bond acceptors (Lipinski definition) is 7. The molecule has 2 N–H and O–H groups in total. The fourth-order valence-electron chi connectivity index (χ4n) is 3.32. The van der Waals surface area contributed by atoms with E-state index in [1.807, 2.05) is 29.6 Å². The molecule has 0 saturated heterocycles. The minimum Gasteiger partial charge on any atom is -0.480 e. The largest absolute Gasteiger partial charge is 0.480 e. The molecule has 0 unspecified atom stereocenters. The van der Waals surface area contributed by atoms with Gasteiger partial charge in [0, 0.05) is 23.7 Å². The molecule has 0 radical (unpaired) electrons. The predicted molar refractivity (Wildman–Crippen MR) is 131 cm³/mol. The van der Waals surface area contributed by atoms with Crippen LogP contribution in [0.25, 0.3) is 10.6 Å². The maximum atomic E-state index is 13.5. The summed E-state index contributed by atoms with van der Waals surface area (Å²) in [6.07, 6.45) is 1.72. The van der Waals surface area contributed by atoms with Crippen molar-refractivity contribution in [1.82, 2.24) is 14.3 Å². The van der Waals surface area contributed by atoms with Gasteiger partial charge in [-0.1, -0.05) is 30.3 Å². The molecule has 0 aliphatic heterocycles. The van der Waals surface area contributed by atoms with Gasteiger partial charge >= 0.3 is 5.97 Å². The van der Waals surface area contributed by atoms with E-state index in [1.165, 1.54) is 27.8 Å². The highest BCUT2D eigenvalue weighted by molar-refractivity contribution is 7.89. The lowest BCUT2D eigenvalue weighted by atomic mass is 10.1. The Bertz CT molecular complexity index is 1390. The molecule has 11 heteroatoms. The number of benzene rings is 2. The summed E-state index contributed by atoms with van der Waals surface area (Å²) >= 11 is 1.51. The van der Waals surface area contributed by atoms with Crippen molar-refractivity contribution in [2.45, 2.75) is 18.0 Å². The minimum atomic E-state index is -4.00. The molecule has 0 aliphatic carbocycles. The number of anilines is 1. The van der Waals surface area contributed by atoms with Gasteiger partial charge in [-0.15, -0.1) is 11.3 Å². The average Bonchev–Trinajstić information content (AvgIpc) is 3.38. The van der Waals surface area contributed by atoms with Gasteiger partial charge in [0.05, 0.1) is 17.1 Å². The topological polar surface area (TPSA) is 112 Å². The molecule has 0 saturated carbocycles. The zero-order valence-electron chi connectivity index (χ0n) is 18.3. The van der Waals surface area contributed by atoms with Crippen LogP contribution in [0.4, 0.5) is 10.2 Å². The summed E-state index contributed by atoms with van der Waals surface area (Å²) in [5.74, 6) is -1.26. The van der Waals surface area contributed by atoms with Crippen LogP contribution in [0, 0.1) is 5.82 Å². The van der Waals surface area contributed by atoms with Crippen LogP contribution in [0.5, 0.6) is 0 Å². The molecule has 4 rings (SSSR count). The molecular weight excluding hydrogens is 491 g/mol. The maximum absolute atomic E-state index is 13.5. The van der Waals surface area contributed by atoms with Crippen LogP contribution in [-0.2, 0) is 27.9 Å². The van der Waals surface area contributed by atoms with E-state index in [4.69, 9.17) is 5.11 Å². The van der Waals surface area contributed by atoms with Gasteiger partial charge in [0.2, 0.25) is 10.0 Å². The van der Waals surface area contributed by atoms with Crippen molar-refractivity contribution in [3.8, 4) is 10.6 Å².